The second-order valence-electron chi connectivity index (χ2n) is 4.67. The minimum atomic E-state index is -0.545. The van der Waals surface area contributed by atoms with Gasteiger partial charge in [0.25, 0.3) is 5.91 Å². The lowest BCUT2D eigenvalue weighted by Gasteiger charge is -2.12. The molecule has 0 fully saturated rings. The van der Waals surface area contributed by atoms with Crippen LogP contribution in [0.2, 0.25) is 0 Å². The van der Waals surface area contributed by atoms with Gasteiger partial charge in [0, 0.05) is 9.64 Å². The number of carbonyl (C=O) groups is 2. The number of benzene rings is 2. The van der Waals surface area contributed by atoms with E-state index in [2.05, 4.69) is 5.32 Å². The zero-order valence-corrected chi connectivity index (χ0v) is 15.3. The van der Waals surface area contributed by atoms with Crippen LogP contribution in [-0.2, 0) is 9.53 Å². The van der Waals surface area contributed by atoms with E-state index in [0.717, 1.165) is 3.57 Å². The van der Waals surface area contributed by atoms with Crippen LogP contribution < -0.4 is 14.8 Å². The number of methoxy groups -OCH3 is 2. The Labute approximate surface area is 153 Å². The fraction of sp³-hybridized carbons (Fsp3) is 0.176. The van der Waals surface area contributed by atoms with Crippen LogP contribution in [0.3, 0.4) is 0 Å². The third-order valence-electron chi connectivity index (χ3n) is 3.11. The molecule has 126 valence electrons. The molecule has 0 saturated carbocycles. The van der Waals surface area contributed by atoms with Gasteiger partial charge in [-0.3, -0.25) is 4.79 Å². The van der Waals surface area contributed by atoms with Gasteiger partial charge < -0.3 is 19.5 Å². The number of hydrogen-bond acceptors (Lipinski definition) is 5. The minimum Gasteiger partial charge on any atom is -0.497 e. The number of anilines is 1. The van der Waals surface area contributed by atoms with Crippen LogP contribution in [-0.4, -0.2) is 32.7 Å². The summed E-state index contributed by atoms with van der Waals surface area (Å²) < 4.78 is 16.1. The molecule has 0 aromatic heterocycles. The lowest BCUT2D eigenvalue weighted by atomic mass is 10.2. The third-order valence-corrected chi connectivity index (χ3v) is 4.05. The topological polar surface area (TPSA) is 73.9 Å². The molecule has 0 unspecified atom stereocenters. The number of nitrogens with one attached hydrogen (secondary N) is 1. The van der Waals surface area contributed by atoms with E-state index in [0.29, 0.717) is 22.7 Å². The maximum atomic E-state index is 12.0. The highest BCUT2D eigenvalue weighted by Crippen LogP contribution is 2.28. The van der Waals surface area contributed by atoms with E-state index < -0.39 is 11.9 Å². The van der Waals surface area contributed by atoms with Gasteiger partial charge in [-0.05, 0) is 46.9 Å². The molecule has 7 heteroatoms. The summed E-state index contributed by atoms with van der Waals surface area (Å²) in [5.41, 5.74) is 0.890. The largest absolute Gasteiger partial charge is 0.497 e. The van der Waals surface area contributed by atoms with Gasteiger partial charge in [-0.15, -0.1) is 0 Å². The van der Waals surface area contributed by atoms with E-state index in [9.17, 15) is 9.59 Å². The first kappa shape index (κ1) is 18.1. The van der Waals surface area contributed by atoms with Crippen LogP contribution in [0.4, 0.5) is 5.69 Å². The van der Waals surface area contributed by atoms with Crippen molar-refractivity contribution in [3.63, 3.8) is 0 Å². The molecule has 0 aliphatic heterocycles. The Morgan fingerprint density at radius 2 is 1.83 bits per heavy atom. The van der Waals surface area contributed by atoms with Crippen LogP contribution >= 0.6 is 22.6 Å². The second-order valence-corrected chi connectivity index (χ2v) is 5.83. The van der Waals surface area contributed by atoms with Gasteiger partial charge in [0.05, 0.1) is 25.5 Å². The summed E-state index contributed by atoms with van der Waals surface area (Å²) in [7, 11) is 3.03. The first-order valence-electron chi connectivity index (χ1n) is 6.98. The molecular formula is C17H16INO5. The number of carbonyl (C=O) groups excluding carboxylic acids is 2. The fourth-order valence-corrected chi connectivity index (χ4v) is 2.53. The van der Waals surface area contributed by atoms with Crippen molar-refractivity contribution in [1.29, 1.82) is 0 Å². The molecule has 24 heavy (non-hydrogen) atoms. The Morgan fingerprint density at radius 3 is 2.50 bits per heavy atom. The molecule has 0 bridgehead atoms. The molecule has 0 saturated heterocycles. The van der Waals surface area contributed by atoms with Crippen LogP contribution in [0, 0.1) is 3.57 Å². The lowest BCUT2D eigenvalue weighted by molar-refractivity contribution is -0.119. The Balaban J connectivity index is 1.96. The van der Waals surface area contributed by atoms with Gasteiger partial charge in [-0.1, -0.05) is 12.1 Å². The third kappa shape index (κ3) is 4.60. The molecule has 0 heterocycles. The fourth-order valence-electron chi connectivity index (χ4n) is 1.92. The number of rotatable bonds is 6. The Hall–Kier alpha value is -2.29. The maximum absolute atomic E-state index is 12.0. The van der Waals surface area contributed by atoms with E-state index in [1.807, 2.05) is 28.7 Å². The zero-order chi connectivity index (χ0) is 17.5. The quantitative estimate of drug-likeness (QED) is 0.551. The van der Waals surface area contributed by atoms with Gasteiger partial charge >= 0.3 is 5.97 Å². The van der Waals surface area contributed by atoms with E-state index in [1.54, 1.807) is 36.4 Å². The molecule has 0 aliphatic rings. The molecule has 2 rings (SSSR count). The van der Waals surface area contributed by atoms with Crippen LogP contribution in [0.15, 0.2) is 42.5 Å². The van der Waals surface area contributed by atoms with Gasteiger partial charge in [0.1, 0.15) is 11.5 Å². The summed E-state index contributed by atoms with van der Waals surface area (Å²) in [6, 6.07) is 12.0. The molecule has 6 nitrogen and oxygen atoms in total. The maximum Gasteiger partial charge on any atom is 0.339 e. The van der Waals surface area contributed by atoms with Gasteiger partial charge in [0.2, 0.25) is 0 Å². The summed E-state index contributed by atoms with van der Waals surface area (Å²) in [6.45, 7) is -0.390. The summed E-state index contributed by atoms with van der Waals surface area (Å²) in [6.07, 6.45) is 0. The number of amides is 1. The number of halogens is 1. The van der Waals surface area contributed by atoms with E-state index >= 15 is 0 Å². The van der Waals surface area contributed by atoms with E-state index in [4.69, 9.17) is 14.2 Å². The number of hydrogen-bond donors (Lipinski definition) is 1. The highest BCUT2D eigenvalue weighted by Gasteiger charge is 2.14. The average molecular weight is 441 g/mol. The van der Waals surface area contributed by atoms with Gasteiger partial charge in [-0.2, -0.15) is 0 Å². The van der Waals surface area contributed by atoms with Crippen molar-refractivity contribution < 1.29 is 23.8 Å². The van der Waals surface area contributed by atoms with E-state index in [1.165, 1.54) is 14.2 Å². The smallest absolute Gasteiger partial charge is 0.339 e. The van der Waals surface area contributed by atoms with Crippen molar-refractivity contribution in [2.75, 3.05) is 26.1 Å². The average Bonchev–Trinajstić information content (AvgIpc) is 2.60. The number of esters is 1. The summed E-state index contributed by atoms with van der Waals surface area (Å²) in [5.74, 6) is 0.0520. The number of ether oxygens (including phenoxy) is 3. The monoisotopic (exact) mass is 441 g/mol. The molecular weight excluding hydrogens is 425 g/mol. The first-order valence-corrected chi connectivity index (χ1v) is 8.06. The molecule has 0 atom stereocenters. The first-order chi connectivity index (χ1) is 11.5. The standard InChI is InChI=1S/C17H16INO5/c1-22-11-7-8-14(15(9-11)23-2)19-16(20)10-24-17(21)12-5-3-4-6-13(12)18/h3-9H,10H2,1-2H3,(H,19,20). The predicted molar refractivity (Wildman–Crippen MR) is 97.6 cm³/mol. The molecule has 0 spiro atoms. The van der Waals surface area contributed by atoms with Crippen LogP contribution in [0.25, 0.3) is 0 Å². The summed E-state index contributed by atoms with van der Waals surface area (Å²) in [5, 5.41) is 2.64. The van der Waals surface area contributed by atoms with Gasteiger partial charge in [-0.25, -0.2) is 4.79 Å². The van der Waals surface area contributed by atoms with Crippen molar-refractivity contribution in [2.45, 2.75) is 0 Å². The highest BCUT2D eigenvalue weighted by molar-refractivity contribution is 14.1. The van der Waals surface area contributed by atoms with Crippen molar-refractivity contribution in [3.8, 4) is 11.5 Å². The van der Waals surface area contributed by atoms with Crippen molar-refractivity contribution in [2.24, 2.45) is 0 Å². The molecule has 2 aromatic carbocycles. The molecule has 1 N–H and O–H groups in total. The van der Waals surface area contributed by atoms with Crippen molar-refractivity contribution in [1.82, 2.24) is 0 Å². The summed E-state index contributed by atoms with van der Waals surface area (Å²) in [4.78, 5) is 24.0. The van der Waals surface area contributed by atoms with Crippen LogP contribution in [0.1, 0.15) is 10.4 Å². The van der Waals surface area contributed by atoms with Gasteiger partial charge in [0.15, 0.2) is 6.61 Å². The Kier molecular flexibility index (Phi) is 6.42. The van der Waals surface area contributed by atoms with Crippen LogP contribution in [0.5, 0.6) is 11.5 Å². The lowest BCUT2D eigenvalue weighted by Crippen LogP contribution is -2.21. The minimum absolute atomic E-state index is 0.390. The second kappa shape index (κ2) is 8.53. The van der Waals surface area contributed by atoms with E-state index in [-0.39, 0.29) is 6.61 Å². The van der Waals surface area contributed by atoms with Crippen molar-refractivity contribution >= 4 is 40.2 Å². The van der Waals surface area contributed by atoms with Crippen molar-refractivity contribution in [3.05, 3.63) is 51.6 Å². The molecule has 2 aromatic rings. The molecule has 1 amide bonds. The SMILES string of the molecule is COc1ccc(NC(=O)COC(=O)c2ccccc2I)c(OC)c1. The predicted octanol–water partition coefficient (Wildman–Crippen LogP) is 3.10. The highest BCUT2D eigenvalue weighted by atomic mass is 127. The Morgan fingerprint density at radius 1 is 1.08 bits per heavy atom. The normalized spacial score (nSPS) is 9.96. The molecule has 0 aliphatic carbocycles. The Bertz CT molecular complexity index is 748. The summed E-state index contributed by atoms with van der Waals surface area (Å²) >= 11 is 2.04. The zero-order valence-electron chi connectivity index (χ0n) is 13.2. The molecule has 0 radical (unpaired) electrons.